The maximum atomic E-state index is 14.2. The lowest BCUT2D eigenvalue weighted by atomic mass is 9.86. The summed E-state index contributed by atoms with van der Waals surface area (Å²) in [5, 5.41) is 11.3. The van der Waals surface area contributed by atoms with Crippen LogP contribution in [0.4, 0.5) is 16.0 Å². The van der Waals surface area contributed by atoms with Crippen LogP contribution in [0.3, 0.4) is 0 Å². The Kier molecular flexibility index (Phi) is 5.97. The molecule has 4 aliphatic heterocycles. The maximum absolute atomic E-state index is 14.2. The number of phenols is 1. The van der Waals surface area contributed by atoms with Crippen molar-refractivity contribution in [3.63, 3.8) is 0 Å². The summed E-state index contributed by atoms with van der Waals surface area (Å²) >= 11 is 0. The second-order valence-electron chi connectivity index (χ2n) is 10.4. The van der Waals surface area contributed by atoms with Gasteiger partial charge < -0.3 is 29.4 Å². The maximum Gasteiger partial charge on any atom is 0.165 e. The number of aromatic hydroxyl groups is 1. The van der Waals surface area contributed by atoms with Crippen LogP contribution in [0.1, 0.15) is 12.0 Å². The molecule has 0 aliphatic carbocycles. The number of pyridine rings is 1. The molecule has 4 saturated heterocycles. The van der Waals surface area contributed by atoms with E-state index >= 15 is 0 Å². The van der Waals surface area contributed by atoms with Gasteiger partial charge in [0.05, 0.1) is 26.0 Å². The number of piperidine rings is 1. The highest BCUT2D eigenvalue weighted by Gasteiger charge is 2.45. The molecular formula is C28H30FN7O3. The van der Waals surface area contributed by atoms with Gasteiger partial charge in [-0.1, -0.05) is 0 Å². The first-order valence-corrected chi connectivity index (χ1v) is 13.3. The molecule has 2 atom stereocenters. The number of hydrogen-bond acceptors (Lipinski definition) is 9. The zero-order valence-electron chi connectivity index (χ0n) is 21.7. The number of H-pyrrole nitrogens is 1. The van der Waals surface area contributed by atoms with E-state index in [0.717, 1.165) is 79.7 Å². The number of morpholine rings is 1. The molecule has 0 amide bonds. The number of ether oxygens (including phenoxy) is 2. The molecular weight excluding hydrogens is 501 g/mol. The van der Waals surface area contributed by atoms with E-state index in [0.29, 0.717) is 24.2 Å². The van der Waals surface area contributed by atoms with Crippen LogP contribution in [0.2, 0.25) is 0 Å². The number of aromatic nitrogens is 4. The number of rotatable bonds is 6. The molecule has 7 heterocycles. The third-order valence-electron chi connectivity index (χ3n) is 8.16. The average Bonchev–Trinajstić information content (AvgIpc) is 3.43. The van der Waals surface area contributed by atoms with Gasteiger partial charge in [0.15, 0.2) is 11.6 Å². The molecule has 2 bridgehead atoms. The molecule has 11 heteroatoms. The molecule has 39 heavy (non-hydrogen) atoms. The lowest BCUT2D eigenvalue weighted by Crippen LogP contribution is -2.68. The van der Waals surface area contributed by atoms with E-state index in [1.165, 1.54) is 19.2 Å². The van der Waals surface area contributed by atoms with Crippen LogP contribution in [0.5, 0.6) is 11.5 Å². The Morgan fingerprint density at radius 1 is 1.08 bits per heavy atom. The second kappa shape index (κ2) is 9.65. The highest BCUT2D eigenvalue weighted by Crippen LogP contribution is 2.38. The van der Waals surface area contributed by atoms with E-state index in [9.17, 15) is 9.50 Å². The van der Waals surface area contributed by atoms with Crippen molar-refractivity contribution in [2.75, 3.05) is 56.3 Å². The highest BCUT2D eigenvalue weighted by atomic mass is 19.1. The van der Waals surface area contributed by atoms with Crippen molar-refractivity contribution in [3.8, 4) is 22.8 Å². The topological polar surface area (TPSA) is 103 Å². The van der Waals surface area contributed by atoms with Crippen molar-refractivity contribution in [1.82, 2.24) is 24.8 Å². The van der Waals surface area contributed by atoms with Gasteiger partial charge in [-0.05, 0) is 30.7 Å². The molecule has 0 saturated carbocycles. The number of benzene rings is 1. The van der Waals surface area contributed by atoms with Crippen molar-refractivity contribution in [2.24, 2.45) is 0 Å². The first-order chi connectivity index (χ1) is 19.1. The molecule has 3 aromatic heterocycles. The zero-order valence-corrected chi connectivity index (χ0v) is 21.7. The summed E-state index contributed by atoms with van der Waals surface area (Å²) < 4.78 is 24.7. The fourth-order valence-corrected chi connectivity index (χ4v) is 6.04. The number of halogens is 1. The Bertz CT molecular complexity index is 1490. The number of anilines is 2. The Labute approximate surface area is 225 Å². The summed E-state index contributed by atoms with van der Waals surface area (Å²) in [7, 11) is 1.39. The number of aromatic amines is 1. The predicted molar refractivity (Wildman–Crippen MR) is 145 cm³/mol. The molecule has 4 aliphatic rings. The van der Waals surface area contributed by atoms with E-state index in [1.54, 1.807) is 6.33 Å². The van der Waals surface area contributed by atoms with Gasteiger partial charge >= 0.3 is 0 Å². The van der Waals surface area contributed by atoms with Crippen molar-refractivity contribution >= 4 is 22.7 Å². The normalized spacial score (nSPS) is 21.3. The summed E-state index contributed by atoms with van der Waals surface area (Å²) in [6.07, 6.45) is 4.56. The molecule has 0 spiro atoms. The van der Waals surface area contributed by atoms with Gasteiger partial charge in [-0.2, -0.15) is 0 Å². The number of nitrogens with zero attached hydrogens (tertiary/aromatic N) is 6. The number of nitrogens with one attached hydrogen (secondary N) is 1. The zero-order chi connectivity index (χ0) is 26.5. The molecule has 8 rings (SSSR count). The largest absolute Gasteiger partial charge is 0.507 e. The van der Waals surface area contributed by atoms with Crippen LogP contribution in [0.15, 0.2) is 42.9 Å². The van der Waals surface area contributed by atoms with Gasteiger partial charge in [-0.15, -0.1) is 0 Å². The summed E-state index contributed by atoms with van der Waals surface area (Å²) in [5.41, 5.74) is 3.19. The molecule has 4 aromatic rings. The van der Waals surface area contributed by atoms with Crippen LogP contribution in [-0.4, -0.2) is 88.5 Å². The number of hydrogen-bond donors (Lipinski definition) is 2. The Hall–Kier alpha value is -3.96. The quantitative estimate of drug-likeness (QED) is 0.388. The van der Waals surface area contributed by atoms with Crippen molar-refractivity contribution in [3.05, 3.63) is 54.2 Å². The lowest BCUT2D eigenvalue weighted by molar-refractivity contribution is -0.00923. The number of fused-ring (bicyclic) bond motifs is 3. The number of methoxy groups -OCH3 is 1. The van der Waals surface area contributed by atoms with Gasteiger partial charge in [0.2, 0.25) is 0 Å². The fourth-order valence-electron chi connectivity index (χ4n) is 6.04. The second-order valence-corrected chi connectivity index (χ2v) is 10.4. The van der Waals surface area contributed by atoms with Crippen LogP contribution < -0.4 is 14.5 Å². The third kappa shape index (κ3) is 4.31. The van der Waals surface area contributed by atoms with E-state index in [1.807, 2.05) is 6.20 Å². The Morgan fingerprint density at radius 3 is 2.64 bits per heavy atom. The van der Waals surface area contributed by atoms with E-state index in [-0.39, 0.29) is 11.5 Å². The van der Waals surface area contributed by atoms with E-state index in [2.05, 4.69) is 47.9 Å². The van der Waals surface area contributed by atoms with Gasteiger partial charge in [0.25, 0.3) is 0 Å². The molecule has 202 valence electrons. The minimum Gasteiger partial charge on any atom is -0.507 e. The monoisotopic (exact) mass is 531 g/mol. The summed E-state index contributed by atoms with van der Waals surface area (Å²) in [6.45, 7) is 5.31. The molecule has 2 unspecified atom stereocenters. The lowest BCUT2D eigenvalue weighted by Gasteiger charge is -2.56. The highest BCUT2D eigenvalue weighted by molar-refractivity contribution is 5.93. The van der Waals surface area contributed by atoms with Gasteiger partial charge in [0, 0.05) is 73.6 Å². The predicted octanol–water partition coefficient (Wildman–Crippen LogP) is 3.17. The van der Waals surface area contributed by atoms with Crippen molar-refractivity contribution < 1.29 is 19.0 Å². The standard InChI is InChI=1S/C28H30FN7O3/c1-38-24-11-23(37)18(8-22(24)29)13-36-19-9-20(36)15-35(14-19)25-3-2-17(12-30-25)27-21-10-26(33-28(21)32-16-31-27)34-4-6-39-7-5-34/h2-3,8,10-12,16,19-20,37H,4-7,9,13-15H2,1H3,(H,31,32,33). The van der Waals surface area contributed by atoms with E-state index in [4.69, 9.17) is 14.5 Å². The van der Waals surface area contributed by atoms with Gasteiger partial charge in [-0.3, -0.25) is 4.90 Å². The van der Waals surface area contributed by atoms with Gasteiger partial charge in [0.1, 0.15) is 29.4 Å². The van der Waals surface area contributed by atoms with E-state index < -0.39 is 5.82 Å². The summed E-state index contributed by atoms with van der Waals surface area (Å²) in [6, 6.07) is 9.62. The smallest absolute Gasteiger partial charge is 0.165 e. The van der Waals surface area contributed by atoms with Crippen molar-refractivity contribution in [2.45, 2.75) is 25.0 Å². The minimum atomic E-state index is -0.458. The third-order valence-corrected chi connectivity index (χ3v) is 8.16. The summed E-state index contributed by atoms with van der Waals surface area (Å²) in [4.78, 5) is 24.2. The molecule has 1 aromatic carbocycles. The molecule has 4 fully saturated rings. The van der Waals surface area contributed by atoms with Crippen LogP contribution in [0, 0.1) is 5.82 Å². The summed E-state index contributed by atoms with van der Waals surface area (Å²) in [5.74, 6) is 1.62. The SMILES string of the molecule is COc1cc(O)c(CN2C3CC2CN(c2ccc(-c4ncnc5[nH]c(N6CCOCC6)cc45)cn2)C3)cc1F. The van der Waals surface area contributed by atoms with Crippen LogP contribution >= 0.6 is 0 Å². The first-order valence-electron chi connectivity index (χ1n) is 13.3. The average molecular weight is 532 g/mol. The first kappa shape index (κ1) is 24.1. The Morgan fingerprint density at radius 2 is 1.90 bits per heavy atom. The molecule has 2 N–H and O–H groups in total. The van der Waals surface area contributed by atoms with Crippen molar-refractivity contribution in [1.29, 1.82) is 0 Å². The minimum absolute atomic E-state index is 0.0532. The fraction of sp³-hybridized carbons (Fsp3) is 0.393. The molecule has 10 nitrogen and oxygen atoms in total. The van der Waals surface area contributed by atoms with Crippen LogP contribution in [0.25, 0.3) is 22.3 Å². The molecule has 0 radical (unpaired) electrons. The number of phenolic OH excluding ortho intramolecular Hbond substituents is 1. The Balaban J connectivity index is 1.05. The van der Waals surface area contributed by atoms with Crippen LogP contribution in [-0.2, 0) is 11.3 Å². The van der Waals surface area contributed by atoms with Gasteiger partial charge in [-0.25, -0.2) is 19.3 Å². The number of piperazine rings is 1.